The van der Waals surface area contributed by atoms with Gasteiger partial charge in [-0.1, -0.05) is 0 Å². The third kappa shape index (κ3) is 83.6. The molecule has 0 unspecified atom stereocenters. The summed E-state index contributed by atoms with van der Waals surface area (Å²) in [5.74, 6) is 0. The van der Waals surface area contributed by atoms with E-state index in [4.69, 9.17) is 8.42 Å². The quantitative estimate of drug-likeness (QED) is 0.417. The summed E-state index contributed by atoms with van der Waals surface area (Å²) in [5.41, 5.74) is 0. The van der Waals surface area contributed by atoms with Crippen molar-refractivity contribution in [1.29, 1.82) is 0 Å². The predicted octanol–water partition coefficient (Wildman–Crippen LogP) is 0.0578. The first-order chi connectivity index (χ1) is 2.00. The molecule has 0 rings (SSSR count). The van der Waals surface area contributed by atoms with E-state index in [1.54, 1.807) is 0 Å². The zero-order valence-electron chi connectivity index (χ0n) is 2.69. The maximum atomic E-state index is 9.16. The first-order valence-corrected chi connectivity index (χ1v) is 3.78. The maximum absolute atomic E-state index is 9.16. The average molecular weight is 208 g/mol. The van der Waals surface area contributed by atoms with Crippen LogP contribution in [0.3, 0.4) is 0 Å². The Bertz CT molecular complexity index is 98.9. The van der Waals surface area contributed by atoms with E-state index in [1.165, 1.54) is 0 Å². The van der Waals surface area contributed by atoms with Gasteiger partial charge in [0.05, 0.1) is 0 Å². The zero-order valence-corrected chi connectivity index (χ0v) is 7.98. The minimum Gasteiger partial charge on any atom is 0 e. The summed E-state index contributed by atoms with van der Waals surface area (Å²) in [7, 11) is 4.81. The summed E-state index contributed by atoms with van der Waals surface area (Å²) < 4.78 is 18.3. The van der Waals surface area contributed by atoms with Crippen LogP contribution in [0.25, 0.3) is 0 Å². The van der Waals surface area contributed by atoms with E-state index in [2.05, 4.69) is 21.4 Å². The molecule has 0 radical (unpaired) electrons. The van der Waals surface area contributed by atoms with Gasteiger partial charge in [-0.15, -0.1) is 0 Å². The summed E-state index contributed by atoms with van der Waals surface area (Å²) in [6.45, 7) is 0. The van der Waals surface area contributed by atoms with Crippen LogP contribution < -0.4 is 0 Å². The molecule has 2 nitrogen and oxygen atoms in total. The number of hydrogen-bond acceptors (Lipinski definition) is 2. The van der Waals surface area contributed by atoms with E-state index in [0.717, 1.165) is 0 Å². The van der Waals surface area contributed by atoms with Gasteiger partial charge in [0.15, 0.2) is 0 Å². The molecular weight excluding hydrogens is 207 g/mol. The monoisotopic (exact) mass is 206 g/mol. The van der Waals surface area contributed by atoms with Crippen molar-refractivity contribution in [2.75, 3.05) is 0 Å². The first kappa shape index (κ1) is 15.9. The van der Waals surface area contributed by atoms with Crippen LogP contribution in [0.4, 0.5) is 0 Å². The van der Waals surface area contributed by atoms with Gasteiger partial charge in [-0.25, -0.2) is 0 Å². The number of hydrogen-bond donors (Lipinski definition) is 0. The van der Waals surface area contributed by atoms with Gasteiger partial charge < -0.3 is 0 Å². The van der Waals surface area contributed by atoms with Crippen molar-refractivity contribution in [3.8, 4) is 0 Å². The van der Waals surface area contributed by atoms with Crippen molar-refractivity contribution in [1.82, 2.24) is 0 Å². The predicted molar refractivity (Wildman–Crippen MR) is 27.8 cm³/mol. The van der Waals surface area contributed by atoms with E-state index in [1.807, 2.05) is 0 Å². The molecule has 0 aromatic rings. The summed E-state index contributed by atoms with van der Waals surface area (Å²) in [6, 6.07) is 0. The SMILES string of the molecule is O=S(=O)(Cl)Cl.[LiH].[Zn]. The molecule has 0 heterocycles. The Morgan fingerprint density at radius 1 is 1.14 bits per heavy atom. The minimum atomic E-state index is -3.72. The molecule has 7 heavy (non-hydrogen) atoms. The standard InChI is InChI=1S/Cl2O2S.Li.Zn.H/c1-5(2,3)4;;;. The summed E-state index contributed by atoms with van der Waals surface area (Å²) in [5, 5.41) is 0. The van der Waals surface area contributed by atoms with Crippen LogP contribution in [0.1, 0.15) is 0 Å². The van der Waals surface area contributed by atoms with Crippen molar-refractivity contribution in [3.05, 3.63) is 0 Å². The molecule has 7 heteroatoms. The van der Waals surface area contributed by atoms with Crippen LogP contribution in [-0.2, 0) is 27.7 Å². The fourth-order valence-corrected chi connectivity index (χ4v) is 0. The molecule has 0 aliphatic carbocycles. The number of halogens is 2. The summed E-state index contributed by atoms with van der Waals surface area (Å²) in [6.07, 6.45) is 0. The van der Waals surface area contributed by atoms with Crippen molar-refractivity contribution < 1.29 is 27.9 Å². The molecule has 0 amide bonds. The molecule has 0 bridgehead atoms. The van der Waals surface area contributed by atoms with E-state index >= 15 is 0 Å². The van der Waals surface area contributed by atoms with Gasteiger partial charge in [-0.2, -0.15) is 8.42 Å². The molecule has 0 atom stereocenters. The maximum Gasteiger partial charge on any atom is 0 e. The van der Waals surface area contributed by atoms with E-state index in [9.17, 15) is 0 Å². The van der Waals surface area contributed by atoms with Crippen molar-refractivity contribution in [2.24, 2.45) is 0 Å². The van der Waals surface area contributed by atoms with Gasteiger partial charge in [0.2, 0.25) is 0 Å². The Balaban J connectivity index is -0.0000000800. The third-order valence-electron chi connectivity index (χ3n) is 0. The van der Waals surface area contributed by atoms with Crippen molar-refractivity contribution in [3.63, 3.8) is 0 Å². The van der Waals surface area contributed by atoms with Crippen molar-refractivity contribution in [2.45, 2.75) is 0 Å². The largest absolute Gasteiger partial charge is 0 e. The summed E-state index contributed by atoms with van der Waals surface area (Å²) >= 11 is 0. The fourth-order valence-electron chi connectivity index (χ4n) is 0. The molecule has 0 aromatic carbocycles. The molecule has 0 spiro atoms. The van der Waals surface area contributed by atoms with Crippen LogP contribution in [-0.4, -0.2) is 27.3 Å². The average Bonchev–Trinajstić information content (AvgIpc) is 0.722. The second kappa shape index (κ2) is 5.88. The molecule has 0 N–H and O–H groups in total. The van der Waals surface area contributed by atoms with Gasteiger partial charge in [0.25, 0.3) is 0 Å². The molecule has 0 aliphatic rings. The first-order valence-electron chi connectivity index (χ1n) is 0.642. The van der Waals surface area contributed by atoms with Crippen LogP contribution in [0, 0.1) is 0 Å². The molecule has 36 valence electrons. The van der Waals surface area contributed by atoms with Gasteiger partial charge >= 0.3 is 27.1 Å². The van der Waals surface area contributed by atoms with Crippen LogP contribution in [0.2, 0.25) is 0 Å². The second-order valence-corrected chi connectivity index (χ2v) is 4.05. The van der Waals surface area contributed by atoms with Crippen LogP contribution in [0.5, 0.6) is 0 Å². The Morgan fingerprint density at radius 2 is 1.14 bits per heavy atom. The molecule has 0 saturated heterocycles. The molecule has 0 fully saturated rings. The van der Waals surface area contributed by atoms with Crippen LogP contribution in [0.15, 0.2) is 0 Å². The van der Waals surface area contributed by atoms with E-state index in [0.29, 0.717) is 0 Å². The molecule has 0 aliphatic heterocycles. The Kier molecular flexibility index (Phi) is 13.4. The van der Waals surface area contributed by atoms with Crippen molar-refractivity contribution >= 4 is 48.5 Å². The number of rotatable bonds is 0. The van der Waals surface area contributed by atoms with Gasteiger partial charge in [0, 0.05) is 40.8 Å². The molecular formula is HCl2LiO2SZn. The van der Waals surface area contributed by atoms with Gasteiger partial charge in [-0.05, 0) is 0 Å². The molecule has 0 aromatic heterocycles. The van der Waals surface area contributed by atoms with Gasteiger partial charge in [-0.3, -0.25) is 0 Å². The Hall–Kier alpha value is 1.75. The fraction of sp³-hybridized carbons (Fsp3) is 0. The zero-order chi connectivity index (χ0) is 4.50. The second-order valence-electron chi connectivity index (χ2n) is 0.378. The minimum absolute atomic E-state index is 0. The Morgan fingerprint density at radius 3 is 1.14 bits per heavy atom. The van der Waals surface area contributed by atoms with Crippen LogP contribution >= 0.6 is 21.4 Å². The topological polar surface area (TPSA) is 34.1 Å². The van der Waals surface area contributed by atoms with E-state index < -0.39 is 8.26 Å². The Labute approximate surface area is 75.8 Å². The smallest absolute Gasteiger partial charge is 0 e. The summed E-state index contributed by atoms with van der Waals surface area (Å²) in [4.78, 5) is 0. The van der Waals surface area contributed by atoms with Gasteiger partial charge in [0.1, 0.15) is 0 Å². The normalized spacial score (nSPS) is 8.29. The third-order valence-corrected chi connectivity index (χ3v) is 0. The molecule has 0 saturated carbocycles. The van der Waals surface area contributed by atoms with E-state index in [-0.39, 0.29) is 38.3 Å².